The number of nitrogens with one attached hydrogen (secondary N) is 2. The Morgan fingerprint density at radius 1 is 1.10 bits per heavy atom. The molecule has 9 heteroatoms. The number of alkyl halides is 3. The lowest BCUT2D eigenvalue weighted by Crippen LogP contribution is -2.45. The number of nitrogens with zero attached hydrogens (tertiary/aromatic N) is 1. The van der Waals surface area contributed by atoms with Gasteiger partial charge in [0.1, 0.15) is 0 Å². The molecular formula is C22H26F3N3O3. The number of anilines is 1. The summed E-state index contributed by atoms with van der Waals surface area (Å²) in [5, 5.41) is 5.58. The van der Waals surface area contributed by atoms with E-state index in [0.717, 1.165) is 32.5 Å². The number of piperidine rings is 1. The van der Waals surface area contributed by atoms with Gasteiger partial charge in [-0.3, -0.25) is 4.90 Å². The van der Waals surface area contributed by atoms with Gasteiger partial charge in [0.05, 0.1) is 7.11 Å². The molecule has 2 aromatic carbocycles. The molecule has 1 aliphatic heterocycles. The SMILES string of the molecule is COc1ccc(NC(=O)NC2CCN(Cc3ccccc3)CC2)cc1OCC(F)(F)F. The van der Waals surface area contributed by atoms with Crippen LogP contribution in [0.1, 0.15) is 18.4 Å². The van der Waals surface area contributed by atoms with E-state index >= 15 is 0 Å². The molecule has 0 radical (unpaired) electrons. The van der Waals surface area contributed by atoms with Gasteiger partial charge in [-0.2, -0.15) is 13.2 Å². The number of benzene rings is 2. The molecule has 1 fully saturated rings. The molecule has 2 aromatic rings. The molecule has 31 heavy (non-hydrogen) atoms. The van der Waals surface area contributed by atoms with Gasteiger partial charge in [0, 0.05) is 37.4 Å². The summed E-state index contributed by atoms with van der Waals surface area (Å²) in [4.78, 5) is 14.7. The molecule has 1 aliphatic rings. The van der Waals surface area contributed by atoms with Crippen molar-refractivity contribution in [2.24, 2.45) is 0 Å². The number of urea groups is 1. The fourth-order valence-electron chi connectivity index (χ4n) is 3.46. The van der Waals surface area contributed by atoms with Crippen molar-refractivity contribution in [1.29, 1.82) is 0 Å². The van der Waals surface area contributed by atoms with Crippen LogP contribution in [0.2, 0.25) is 0 Å². The van der Waals surface area contributed by atoms with E-state index in [1.807, 2.05) is 18.2 Å². The number of ether oxygens (including phenoxy) is 2. The molecule has 2 N–H and O–H groups in total. The van der Waals surface area contributed by atoms with E-state index in [9.17, 15) is 18.0 Å². The minimum Gasteiger partial charge on any atom is -0.493 e. The number of hydrogen-bond donors (Lipinski definition) is 2. The van der Waals surface area contributed by atoms with Gasteiger partial charge in [0.25, 0.3) is 0 Å². The standard InChI is InChI=1S/C22H26F3N3O3/c1-30-19-8-7-18(13-20(19)31-15-22(23,24)25)27-21(29)26-17-9-11-28(12-10-17)14-16-5-3-2-4-6-16/h2-8,13,17H,9-12,14-15H2,1H3,(H2,26,27,29). The molecule has 0 aliphatic carbocycles. The van der Waals surface area contributed by atoms with Crippen molar-refractivity contribution in [3.8, 4) is 11.5 Å². The smallest absolute Gasteiger partial charge is 0.422 e. The Morgan fingerprint density at radius 2 is 1.81 bits per heavy atom. The molecule has 1 saturated heterocycles. The van der Waals surface area contributed by atoms with Crippen molar-refractivity contribution in [3.63, 3.8) is 0 Å². The largest absolute Gasteiger partial charge is 0.493 e. The third kappa shape index (κ3) is 7.36. The van der Waals surface area contributed by atoms with E-state index in [0.29, 0.717) is 5.69 Å². The van der Waals surface area contributed by atoms with E-state index in [2.05, 4.69) is 27.7 Å². The molecule has 0 spiro atoms. The molecule has 168 valence electrons. The highest BCUT2D eigenvalue weighted by atomic mass is 19.4. The van der Waals surface area contributed by atoms with Gasteiger partial charge < -0.3 is 20.1 Å². The zero-order valence-electron chi connectivity index (χ0n) is 17.2. The monoisotopic (exact) mass is 437 g/mol. The van der Waals surface area contributed by atoms with Gasteiger partial charge in [0.2, 0.25) is 0 Å². The van der Waals surface area contributed by atoms with Crippen molar-refractivity contribution in [2.75, 3.05) is 32.1 Å². The van der Waals surface area contributed by atoms with Gasteiger partial charge in [-0.1, -0.05) is 30.3 Å². The summed E-state index contributed by atoms with van der Waals surface area (Å²) in [6.45, 7) is 1.18. The summed E-state index contributed by atoms with van der Waals surface area (Å²) in [6.07, 6.45) is -2.83. The number of hydrogen-bond acceptors (Lipinski definition) is 4. The van der Waals surface area contributed by atoms with Crippen molar-refractivity contribution < 1.29 is 27.4 Å². The number of halogens is 3. The summed E-state index contributed by atoms with van der Waals surface area (Å²) in [5.41, 5.74) is 1.58. The van der Waals surface area contributed by atoms with Crippen LogP contribution in [0.4, 0.5) is 23.7 Å². The molecule has 0 unspecified atom stereocenters. The lowest BCUT2D eigenvalue weighted by molar-refractivity contribution is -0.153. The van der Waals surface area contributed by atoms with Gasteiger partial charge in [-0.15, -0.1) is 0 Å². The minimum absolute atomic E-state index is 0.0335. The quantitative estimate of drug-likeness (QED) is 0.673. The van der Waals surface area contributed by atoms with Crippen molar-refractivity contribution >= 4 is 11.7 Å². The molecule has 6 nitrogen and oxygen atoms in total. The Hall–Kier alpha value is -2.94. The van der Waals surface area contributed by atoms with Crippen LogP contribution in [-0.2, 0) is 6.54 Å². The number of likely N-dealkylation sites (tertiary alicyclic amines) is 1. The first-order valence-electron chi connectivity index (χ1n) is 10.0. The molecular weight excluding hydrogens is 411 g/mol. The Bertz CT molecular complexity index is 854. The van der Waals surface area contributed by atoms with E-state index in [1.165, 1.54) is 24.8 Å². The lowest BCUT2D eigenvalue weighted by atomic mass is 10.0. The third-order valence-electron chi connectivity index (χ3n) is 4.98. The summed E-state index contributed by atoms with van der Waals surface area (Å²) in [7, 11) is 1.33. The molecule has 0 atom stereocenters. The third-order valence-corrected chi connectivity index (χ3v) is 4.98. The minimum atomic E-state index is -4.47. The van der Waals surface area contributed by atoms with Gasteiger partial charge >= 0.3 is 12.2 Å². The maximum Gasteiger partial charge on any atom is 0.422 e. The van der Waals surface area contributed by atoms with Crippen LogP contribution < -0.4 is 20.1 Å². The Kier molecular flexibility index (Phi) is 7.62. The van der Waals surface area contributed by atoms with Crippen molar-refractivity contribution in [3.05, 3.63) is 54.1 Å². The van der Waals surface area contributed by atoms with E-state index < -0.39 is 18.8 Å². The molecule has 0 bridgehead atoms. The van der Waals surface area contributed by atoms with Crippen molar-refractivity contribution in [2.45, 2.75) is 31.6 Å². The predicted molar refractivity (Wildman–Crippen MR) is 111 cm³/mol. The zero-order chi connectivity index (χ0) is 22.3. The topological polar surface area (TPSA) is 62.8 Å². The Morgan fingerprint density at radius 3 is 2.45 bits per heavy atom. The fraction of sp³-hybridized carbons (Fsp3) is 0.409. The number of carbonyl (C=O) groups excluding carboxylic acids is 1. The summed E-state index contributed by atoms with van der Waals surface area (Å²) in [6, 6.07) is 14.2. The second-order valence-corrected chi connectivity index (χ2v) is 7.40. The maximum atomic E-state index is 12.4. The van der Waals surface area contributed by atoms with Crippen LogP contribution in [0.5, 0.6) is 11.5 Å². The van der Waals surface area contributed by atoms with Crippen LogP contribution in [-0.4, -0.2) is 50.0 Å². The molecule has 2 amide bonds. The summed E-state index contributed by atoms with van der Waals surface area (Å²) in [5.74, 6) is 0.0628. The van der Waals surface area contributed by atoms with Crippen LogP contribution in [0.15, 0.2) is 48.5 Å². The van der Waals surface area contributed by atoms with Gasteiger partial charge in [-0.25, -0.2) is 4.79 Å². The maximum absolute atomic E-state index is 12.4. The number of rotatable bonds is 7. The Labute approximate surface area is 179 Å². The summed E-state index contributed by atoms with van der Waals surface area (Å²) >= 11 is 0. The highest BCUT2D eigenvalue weighted by Gasteiger charge is 2.29. The highest BCUT2D eigenvalue weighted by molar-refractivity contribution is 5.89. The first-order chi connectivity index (χ1) is 14.8. The van der Waals surface area contributed by atoms with Gasteiger partial charge in [0.15, 0.2) is 18.1 Å². The number of amides is 2. The van der Waals surface area contributed by atoms with E-state index in [4.69, 9.17) is 9.47 Å². The lowest BCUT2D eigenvalue weighted by Gasteiger charge is -2.32. The second-order valence-electron chi connectivity index (χ2n) is 7.40. The average Bonchev–Trinajstić information content (AvgIpc) is 2.74. The molecule has 1 heterocycles. The number of carbonyl (C=O) groups is 1. The molecule has 0 aromatic heterocycles. The number of methoxy groups -OCH3 is 1. The van der Waals surface area contributed by atoms with Crippen LogP contribution in [0.25, 0.3) is 0 Å². The van der Waals surface area contributed by atoms with Crippen LogP contribution >= 0.6 is 0 Å². The van der Waals surface area contributed by atoms with Crippen molar-refractivity contribution in [1.82, 2.24) is 10.2 Å². The van der Waals surface area contributed by atoms with Crippen LogP contribution in [0.3, 0.4) is 0 Å². The average molecular weight is 437 g/mol. The van der Waals surface area contributed by atoms with Gasteiger partial charge in [-0.05, 0) is 30.5 Å². The van der Waals surface area contributed by atoms with Crippen LogP contribution in [0, 0.1) is 0 Å². The highest BCUT2D eigenvalue weighted by Crippen LogP contribution is 2.31. The van der Waals surface area contributed by atoms with E-state index in [1.54, 1.807) is 6.07 Å². The second kappa shape index (κ2) is 10.4. The molecule has 3 rings (SSSR count). The summed E-state index contributed by atoms with van der Waals surface area (Å²) < 4.78 is 47.2. The normalized spacial score (nSPS) is 15.4. The fourth-order valence-corrected chi connectivity index (χ4v) is 3.46. The Balaban J connectivity index is 1.48. The molecule has 0 saturated carbocycles. The first-order valence-corrected chi connectivity index (χ1v) is 10.0. The predicted octanol–water partition coefficient (Wildman–Crippen LogP) is 4.42. The zero-order valence-corrected chi connectivity index (χ0v) is 17.2. The van der Waals surface area contributed by atoms with E-state index in [-0.39, 0.29) is 17.5 Å². The first kappa shape index (κ1) is 22.7.